The number of thiophene rings is 1. The van der Waals surface area contributed by atoms with E-state index in [2.05, 4.69) is 26.0 Å². The number of aromatic nitrogens is 3. The highest BCUT2D eigenvalue weighted by molar-refractivity contribution is 9.11. The monoisotopic (exact) mass is 487 g/mol. The zero-order valence-corrected chi connectivity index (χ0v) is 18.5. The first-order valence-corrected chi connectivity index (χ1v) is 12.4. The first-order valence-electron chi connectivity index (χ1n) is 9.33. The zero-order chi connectivity index (χ0) is 19.7. The Balaban J connectivity index is 1.39. The number of likely N-dealkylation sites (tertiary alicyclic amines) is 1. The summed E-state index contributed by atoms with van der Waals surface area (Å²) in [4.78, 5) is 18.9. The van der Waals surface area contributed by atoms with Crippen molar-refractivity contribution in [1.29, 1.82) is 0 Å². The molecule has 2 aliphatic heterocycles. The molecule has 0 aliphatic carbocycles. The van der Waals surface area contributed by atoms with Gasteiger partial charge in [0.1, 0.15) is 16.9 Å². The van der Waals surface area contributed by atoms with Crippen molar-refractivity contribution < 1.29 is 13.2 Å². The van der Waals surface area contributed by atoms with Gasteiger partial charge in [0.15, 0.2) is 0 Å². The second-order valence-corrected chi connectivity index (χ2v) is 11.8. The molecule has 28 heavy (non-hydrogen) atoms. The molecule has 2 aromatic rings. The molecule has 2 saturated heterocycles. The quantitative estimate of drug-likeness (QED) is 0.660. The van der Waals surface area contributed by atoms with Crippen LogP contribution in [0.25, 0.3) is 0 Å². The maximum absolute atomic E-state index is 13.0. The Bertz CT molecular complexity index is 923. The van der Waals surface area contributed by atoms with Crippen LogP contribution in [-0.2, 0) is 14.8 Å². The van der Waals surface area contributed by atoms with Gasteiger partial charge in [0.05, 0.1) is 15.7 Å². The van der Waals surface area contributed by atoms with Gasteiger partial charge in [-0.2, -0.15) is 9.40 Å². The summed E-state index contributed by atoms with van der Waals surface area (Å²) < 4.78 is 30.2. The number of carbonyl (C=O) groups excluding carboxylic acids is 1. The van der Waals surface area contributed by atoms with Crippen LogP contribution >= 0.6 is 27.3 Å². The Morgan fingerprint density at radius 3 is 2.61 bits per heavy atom. The fourth-order valence-corrected chi connectivity index (χ4v) is 7.63. The lowest BCUT2D eigenvalue weighted by Gasteiger charge is -2.37. The number of sulfonamides is 1. The molecule has 0 spiro atoms. The summed E-state index contributed by atoms with van der Waals surface area (Å²) >= 11 is 4.52. The average Bonchev–Trinajstić information content (AvgIpc) is 3.40. The van der Waals surface area contributed by atoms with E-state index in [1.165, 1.54) is 22.0 Å². The SMILES string of the molecule is O=C(C1CCCN(S(=O)(=O)c2ccc(Br)s2)C1)N1CCC(n2cncn2)CC1. The first-order chi connectivity index (χ1) is 13.4. The maximum atomic E-state index is 13.0. The lowest BCUT2D eigenvalue weighted by atomic mass is 9.96. The number of carbonyl (C=O) groups is 1. The van der Waals surface area contributed by atoms with Gasteiger partial charge in [-0.3, -0.25) is 4.79 Å². The van der Waals surface area contributed by atoms with Crippen LogP contribution in [0.3, 0.4) is 0 Å². The van der Waals surface area contributed by atoms with E-state index in [4.69, 9.17) is 0 Å². The van der Waals surface area contributed by atoms with Crippen molar-refractivity contribution in [2.45, 2.75) is 35.9 Å². The molecule has 2 aromatic heterocycles. The summed E-state index contributed by atoms with van der Waals surface area (Å²) in [6.45, 7) is 2.07. The predicted octanol–water partition coefficient (Wildman–Crippen LogP) is 2.37. The van der Waals surface area contributed by atoms with Crippen molar-refractivity contribution in [2.75, 3.05) is 26.2 Å². The number of piperidine rings is 2. The summed E-state index contributed by atoms with van der Waals surface area (Å²) in [6.07, 6.45) is 6.37. The molecule has 152 valence electrons. The second kappa shape index (κ2) is 8.21. The van der Waals surface area contributed by atoms with Crippen molar-refractivity contribution >= 4 is 43.2 Å². The van der Waals surface area contributed by atoms with E-state index >= 15 is 0 Å². The minimum absolute atomic E-state index is 0.0734. The Hall–Kier alpha value is -1.30. The van der Waals surface area contributed by atoms with Gasteiger partial charge in [-0.1, -0.05) is 0 Å². The average molecular weight is 488 g/mol. The van der Waals surface area contributed by atoms with Gasteiger partial charge in [-0.25, -0.2) is 18.1 Å². The first kappa shape index (κ1) is 20.0. The normalized spacial score (nSPS) is 22.5. The summed E-state index contributed by atoms with van der Waals surface area (Å²) in [6, 6.07) is 3.63. The van der Waals surface area contributed by atoms with Crippen LogP contribution in [0.4, 0.5) is 0 Å². The van der Waals surface area contributed by atoms with Crippen LogP contribution in [0.1, 0.15) is 31.7 Å². The standard InChI is InChI=1S/C17H22BrN5O3S2/c18-15-3-4-16(27-15)28(25,26)22-7-1-2-13(10-22)17(24)21-8-5-14(6-9-21)23-12-19-11-20-23/h3-4,11-14H,1-2,5-10H2. The molecule has 4 heterocycles. The molecule has 8 nitrogen and oxygen atoms in total. The maximum Gasteiger partial charge on any atom is 0.252 e. The molecule has 2 fully saturated rings. The van der Waals surface area contributed by atoms with E-state index in [1.54, 1.807) is 18.5 Å². The van der Waals surface area contributed by atoms with Gasteiger partial charge >= 0.3 is 0 Å². The molecule has 4 rings (SSSR count). The predicted molar refractivity (Wildman–Crippen MR) is 108 cm³/mol. The van der Waals surface area contributed by atoms with E-state index in [9.17, 15) is 13.2 Å². The van der Waals surface area contributed by atoms with Crippen molar-refractivity contribution in [2.24, 2.45) is 5.92 Å². The fourth-order valence-electron chi connectivity index (χ4n) is 3.94. The highest BCUT2D eigenvalue weighted by atomic mass is 79.9. The van der Waals surface area contributed by atoms with E-state index in [1.807, 2.05) is 9.58 Å². The number of hydrogen-bond acceptors (Lipinski definition) is 6. The highest BCUT2D eigenvalue weighted by Gasteiger charge is 2.36. The number of amides is 1. The van der Waals surface area contributed by atoms with Crippen molar-refractivity contribution in [1.82, 2.24) is 24.0 Å². The Labute approximate surface area is 176 Å². The molecule has 0 saturated carbocycles. The van der Waals surface area contributed by atoms with Crippen molar-refractivity contribution in [3.05, 3.63) is 28.6 Å². The molecule has 2 aliphatic rings. The lowest BCUT2D eigenvalue weighted by molar-refractivity contribution is -0.138. The molecular formula is C17H22BrN5O3S2. The molecular weight excluding hydrogens is 466 g/mol. The molecule has 0 aromatic carbocycles. The van der Waals surface area contributed by atoms with Crippen molar-refractivity contribution in [3.8, 4) is 0 Å². The van der Waals surface area contributed by atoms with Gasteiger partial charge in [0.25, 0.3) is 10.0 Å². The molecule has 0 bridgehead atoms. The van der Waals surface area contributed by atoms with Gasteiger partial charge in [0, 0.05) is 26.2 Å². The minimum atomic E-state index is -3.54. The third-order valence-electron chi connectivity index (χ3n) is 5.46. The fraction of sp³-hybridized carbons (Fsp3) is 0.588. The van der Waals surface area contributed by atoms with Gasteiger partial charge in [0.2, 0.25) is 5.91 Å². The smallest absolute Gasteiger partial charge is 0.252 e. The van der Waals surface area contributed by atoms with E-state index in [0.717, 1.165) is 23.0 Å². The van der Waals surface area contributed by atoms with Crippen LogP contribution < -0.4 is 0 Å². The largest absolute Gasteiger partial charge is 0.342 e. The van der Waals surface area contributed by atoms with Crippen LogP contribution in [-0.4, -0.2) is 64.5 Å². The van der Waals surface area contributed by atoms with Gasteiger partial charge in [-0.05, 0) is 53.7 Å². The Morgan fingerprint density at radius 2 is 1.96 bits per heavy atom. The van der Waals surface area contributed by atoms with E-state index in [-0.39, 0.29) is 24.4 Å². The molecule has 1 atom stereocenters. The lowest BCUT2D eigenvalue weighted by Crippen LogP contribution is -2.48. The van der Waals surface area contributed by atoms with Gasteiger partial charge < -0.3 is 4.90 Å². The molecule has 0 radical (unpaired) electrons. The molecule has 1 unspecified atom stereocenters. The van der Waals surface area contributed by atoms with Crippen molar-refractivity contribution in [3.63, 3.8) is 0 Å². The topological polar surface area (TPSA) is 88.4 Å². The highest BCUT2D eigenvalue weighted by Crippen LogP contribution is 2.32. The zero-order valence-electron chi connectivity index (χ0n) is 15.3. The van der Waals surface area contributed by atoms with Crippen LogP contribution in [0.15, 0.2) is 32.8 Å². The summed E-state index contributed by atoms with van der Waals surface area (Å²) in [5.41, 5.74) is 0. The van der Waals surface area contributed by atoms with E-state index < -0.39 is 10.0 Å². The number of rotatable bonds is 4. The second-order valence-electron chi connectivity index (χ2n) is 7.19. The number of hydrogen-bond donors (Lipinski definition) is 0. The van der Waals surface area contributed by atoms with Crippen LogP contribution in [0, 0.1) is 5.92 Å². The number of halogens is 1. The molecule has 1 amide bonds. The Morgan fingerprint density at radius 1 is 1.18 bits per heavy atom. The van der Waals surface area contributed by atoms with E-state index in [0.29, 0.717) is 30.3 Å². The summed E-state index contributed by atoms with van der Waals surface area (Å²) in [5, 5.41) is 4.19. The number of nitrogens with zero attached hydrogens (tertiary/aromatic N) is 5. The molecule has 11 heteroatoms. The Kier molecular flexibility index (Phi) is 5.86. The van der Waals surface area contributed by atoms with Crippen LogP contribution in [0.2, 0.25) is 0 Å². The summed E-state index contributed by atoms with van der Waals surface area (Å²) in [7, 11) is -3.54. The van der Waals surface area contributed by atoms with Crippen LogP contribution in [0.5, 0.6) is 0 Å². The molecule has 0 N–H and O–H groups in total. The minimum Gasteiger partial charge on any atom is -0.342 e. The van der Waals surface area contributed by atoms with Gasteiger partial charge in [-0.15, -0.1) is 11.3 Å². The summed E-state index contributed by atoms with van der Waals surface area (Å²) in [5.74, 6) is -0.195. The third kappa shape index (κ3) is 4.03. The third-order valence-corrected chi connectivity index (χ3v) is 9.42.